The van der Waals surface area contributed by atoms with E-state index >= 15 is 0 Å². The summed E-state index contributed by atoms with van der Waals surface area (Å²) in [4.78, 5) is 69.7. The first kappa shape index (κ1) is 29.1. The third kappa shape index (κ3) is 11.5. The fourth-order valence-electron chi connectivity index (χ4n) is 2.30. The van der Waals surface area contributed by atoms with Crippen LogP contribution < -0.4 is 21.7 Å². The van der Waals surface area contributed by atoms with Crippen LogP contribution in [-0.4, -0.2) is 98.8 Å². The number of carbonyl (C=O) groups excluding carboxylic acids is 3. The van der Waals surface area contributed by atoms with Crippen LogP contribution in [0.15, 0.2) is 0 Å². The molecular formula is C17H28N4O10S. The highest BCUT2D eigenvalue weighted by Crippen LogP contribution is 2.03. The predicted octanol–water partition coefficient (Wildman–Crippen LogP) is -3.06. The third-order valence-corrected chi connectivity index (χ3v) is 4.70. The number of thioether (sulfide) groups is 1. The molecule has 0 heterocycles. The molecule has 0 aromatic heterocycles. The number of hydrogen-bond donors (Lipinski definition) is 8. The number of rotatable bonds is 16. The van der Waals surface area contributed by atoms with Crippen molar-refractivity contribution in [2.45, 2.75) is 49.9 Å². The largest absolute Gasteiger partial charge is 0.481 e. The van der Waals surface area contributed by atoms with Gasteiger partial charge in [0.25, 0.3) is 0 Å². The number of carboxylic acid groups (broad SMARTS) is 3. The van der Waals surface area contributed by atoms with Crippen molar-refractivity contribution in [3.63, 3.8) is 0 Å². The Morgan fingerprint density at radius 2 is 1.34 bits per heavy atom. The maximum atomic E-state index is 12.4. The maximum Gasteiger partial charge on any atom is 0.326 e. The van der Waals surface area contributed by atoms with Gasteiger partial charge in [-0.25, -0.2) is 4.79 Å². The normalized spacial score (nSPS) is 14.3. The second kappa shape index (κ2) is 15.0. The molecule has 0 aromatic rings. The number of nitrogens with one attached hydrogen (secondary N) is 3. The van der Waals surface area contributed by atoms with Crippen LogP contribution >= 0.6 is 11.8 Å². The molecule has 3 amide bonds. The summed E-state index contributed by atoms with van der Waals surface area (Å²) in [6.45, 7) is -0.934. The van der Waals surface area contributed by atoms with Crippen molar-refractivity contribution in [3.05, 3.63) is 0 Å². The quantitative estimate of drug-likeness (QED) is 0.110. The lowest BCUT2D eigenvalue weighted by atomic mass is 10.1. The van der Waals surface area contributed by atoms with Gasteiger partial charge in [0.2, 0.25) is 17.7 Å². The average molecular weight is 480 g/mol. The van der Waals surface area contributed by atoms with Crippen molar-refractivity contribution in [2.75, 3.05) is 18.6 Å². The molecule has 0 aromatic carbocycles. The first-order chi connectivity index (χ1) is 14.9. The van der Waals surface area contributed by atoms with E-state index in [-0.39, 0.29) is 12.8 Å². The molecule has 15 heteroatoms. The Hall–Kier alpha value is -2.91. The topological polar surface area (TPSA) is 245 Å². The minimum Gasteiger partial charge on any atom is -0.481 e. The average Bonchev–Trinajstić information content (AvgIpc) is 2.71. The van der Waals surface area contributed by atoms with Crippen molar-refractivity contribution in [1.29, 1.82) is 0 Å². The molecule has 4 atom stereocenters. The summed E-state index contributed by atoms with van der Waals surface area (Å²) in [5, 5.41) is 42.5. The molecular weight excluding hydrogens is 452 g/mol. The van der Waals surface area contributed by atoms with Gasteiger partial charge in [0.05, 0.1) is 19.1 Å². The summed E-state index contributed by atoms with van der Waals surface area (Å²) >= 11 is 1.33. The van der Waals surface area contributed by atoms with E-state index < -0.39 is 79.2 Å². The van der Waals surface area contributed by atoms with Gasteiger partial charge in [0.1, 0.15) is 18.1 Å². The number of aliphatic hydroxyl groups is 1. The summed E-state index contributed by atoms with van der Waals surface area (Å²) in [6, 6.07) is -5.92. The van der Waals surface area contributed by atoms with Crippen LogP contribution in [0.3, 0.4) is 0 Å². The number of amides is 3. The maximum absolute atomic E-state index is 12.4. The number of hydrogen-bond acceptors (Lipinski definition) is 9. The van der Waals surface area contributed by atoms with Crippen molar-refractivity contribution < 1.29 is 49.2 Å². The number of nitrogens with two attached hydrogens (primary N) is 1. The molecule has 0 bridgehead atoms. The number of carbonyl (C=O) groups is 6. The molecule has 14 nitrogen and oxygen atoms in total. The second-order valence-electron chi connectivity index (χ2n) is 6.62. The molecule has 0 fully saturated rings. The van der Waals surface area contributed by atoms with E-state index in [1.807, 2.05) is 0 Å². The summed E-state index contributed by atoms with van der Waals surface area (Å²) in [6.07, 6.45) is 0.242. The third-order valence-electron chi connectivity index (χ3n) is 4.06. The molecule has 0 rings (SSSR count). The summed E-state index contributed by atoms with van der Waals surface area (Å²) in [5.41, 5.74) is 5.52. The van der Waals surface area contributed by atoms with Gasteiger partial charge in [-0.2, -0.15) is 11.8 Å². The van der Waals surface area contributed by atoms with Crippen molar-refractivity contribution in [3.8, 4) is 0 Å². The monoisotopic (exact) mass is 480 g/mol. The van der Waals surface area contributed by atoms with Gasteiger partial charge in [-0.3, -0.25) is 24.0 Å². The zero-order chi connectivity index (χ0) is 24.8. The van der Waals surface area contributed by atoms with Crippen molar-refractivity contribution in [2.24, 2.45) is 5.73 Å². The number of aliphatic carboxylic acids is 3. The number of carboxylic acids is 3. The Morgan fingerprint density at radius 3 is 1.81 bits per heavy atom. The Balaban J connectivity index is 5.21. The molecule has 4 unspecified atom stereocenters. The Labute approximate surface area is 187 Å². The fraction of sp³-hybridized carbons (Fsp3) is 0.647. The molecule has 0 saturated carbocycles. The minimum atomic E-state index is -1.69. The van der Waals surface area contributed by atoms with Crippen LogP contribution in [0, 0.1) is 0 Å². The van der Waals surface area contributed by atoms with Gasteiger partial charge in [0.15, 0.2) is 0 Å². The molecule has 0 spiro atoms. The Kier molecular flexibility index (Phi) is 13.6. The molecule has 32 heavy (non-hydrogen) atoms. The lowest BCUT2D eigenvalue weighted by Gasteiger charge is -2.23. The SMILES string of the molecule is CSCCC(NC(=O)C(CC(=O)O)NC(=O)C(CO)NC(=O)C(N)CCC(=O)O)C(=O)O. The van der Waals surface area contributed by atoms with E-state index in [9.17, 15) is 39.0 Å². The summed E-state index contributed by atoms with van der Waals surface area (Å²) in [7, 11) is 0. The Bertz CT molecular complexity index is 705. The second-order valence-corrected chi connectivity index (χ2v) is 7.61. The van der Waals surface area contributed by atoms with E-state index in [1.165, 1.54) is 11.8 Å². The molecule has 0 aliphatic carbocycles. The zero-order valence-electron chi connectivity index (χ0n) is 17.3. The van der Waals surface area contributed by atoms with Crippen LogP contribution in [0.4, 0.5) is 0 Å². The lowest BCUT2D eigenvalue weighted by Crippen LogP contribution is -2.58. The molecule has 0 aliphatic heterocycles. The van der Waals surface area contributed by atoms with Crippen LogP contribution in [0.1, 0.15) is 25.7 Å². The first-order valence-corrected chi connectivity index (χ1v) is 10.7. The van der Waals surface area contributed by atoms with E-state index in [0.717, 1.165) is 0 Å². The first-order valence-electron chi connectivity index (χ1n) is 9.35. The van der Waals surface area contributed by atoms with Gasteiger partial charge >= 0.3 is 17.9 Å². The van der Waals surface area contributed by atoms with E-state index in [4.69, 9.17) is 15.9 Å². The highest BCUT2D eigenvalue weighted by Gasteiger charge is 2.31. The highest BCUT2D eigenvalue weighted by molar-refractivity contribution is 7.98. The summed E-state index contributed by atoms with van der Waals surface area (Å²) < 4.78 is 0. The number of aliphatic hydroxyl groups excluding tert-OH is 1. The van der Waals surface area contributed by atoms with Crippen molar-refractivity contribution in [1.82, 2.24) is 16.0 Å². The van der Waals surface area contributed by atoms with Gasteiger partial charge in [0, 0.05) is 6.42 Å². The van der Waals surface area contributed by atoms with E-state index in [2.05, 4.69) is 16.0 Å². The van der Waals surface area contributed by atoms with E-state index in [1.54, 1.807) is 6.26 Å². The fourth-order valence-corrected chi connectivity index (χ4v) is 2.78. The molecule has 0 radical (unpaired) electrons. The summed E-state index contributed by atoms with van der Waals surface area (Å²) in [5.74, 6) is -6.75. The van der Waals surface area contributed by atoms with Gasteiger partial charge in [-0.05, 0) is 24.9 Å². The van der Waals surface area contributed by atoms with Crippen LogP contribution in [0.2, 0.25) is 0 Å². The van der Waals surface area contributed by atoms with Gasteiger partial charge in [-0.15, -0.1) is 0 Å². The molecule has 9 N–H and O–H groups in total. The minimum absolute atomic E-state index is 0.0551. The predicted molar refractivity (Wildman–Crippen MR) is 111 cm³/mol. The standard InChI is InChI=1S/C17H28N4O10S/c1-32-5-4-9(17(30)31)19-15(28)10(6-13(25)26)20-16(29)11(7-22)21-14(27)8(18)2-3-12(23)24/h8-11,22H,2-7,18H2,1H3,(H,19,28)(H,20,29)(H,21,27)(H,23,24)(H,25,26)(H,30,31). The Morgan fingerprint density at radius 1 is 0.812 bits per heavy atom. The van der Waals surface area contributed by atoms with Crippen LogP contribution in [0.5, 0.6) is 0 Å². The van der Waals surface area contributed by atoms with Gasteiger partial charge in [-0.1, -0.05) is 0 Å². The van der Waals surface area contributed by atoms with Crippen molar-refractivity contribution >= 4 is 47.4 Å². The van der Waals surface area contributed by atoms with Gasteiger partial charge < -0.3 is 42.1 Å². The van der Waals surface area contributed by atoms with E-state index in [0.29, 0.717) is 5.75 Å². The lowest BCUT2D eigenvalue weighted by molar-refractivity contribution is -0.144. The molecule has 0 saturated heterocycles. The molecule has 0 aliphatic rings. The van der Waals surface area contributed by atoms with Crippen LogP contribution in [0.25, 0.3) is 0 Å². The molecule has 182 valence electrons. The smallest absolute Gasteiger partial charge is 0.326 e. The highest BCUT2D eigenvalue weighted by atomic mass is 32.2. The zero-order valence-corrected chi connectivity index (χ0v) is 18.1. The van der Waals surface area contributed by atoms with Crippen LogP contribution in [-0.2, 0) is 28.8 Å².